The number of fused-ring (bicyclic) bond motifs is 1. The molecule has 0 fully saturated rings. The highest BCUT2D eigenvalue weighted by atomic mass is 16.5. The van der Waals surface area contributed by atoms with Gasteiger partial charge in [0, 0.05) is 18.1 Å². The highest BCUT2D eigenvalue weighted by Crippen LogP contribution is 2.21. The van der Waals surface area contributed by atoms with E-state index >= 15 is 0 Å². The zero-order chi connectivity index (χ0) is 9.26. The van der Waals surface area contributed by atoms with E-state index in [2.05, 4.69) is 5.32 Å². The van der Waals surface area contributed by atoms with Gasteiger partial charge in [0.2, 0.25) is 0 Å². The van der Waals surface area contributed by atoms with Gasteiger partial charge in [0.15, 0.2) is 0 Å². The Kier molecular flexibility index (Phi) is 1.75. The highest BCUT2D eigenvalue weighted by Gasteiger charge is 2.11. The highest BCUT2D eigenvalue weighted by molar-refractivity contribution is 6.01. The van der Waals surface area contributed by atoms with E-state index in [-0.39, 0.29) is 5.91 Å². The lowest BCUT2D eigenvalue weighted by Crippen LogP contribution is -2.16. The first-order chi connectivity index (χ1) is 6.29. The van der Waals surface area contributed by atoms with Gasteiger partial charge in [-0.05, 0) is 12.1 Å². The second-order valence-corrected chi connectivity index (χ2v) is 2.63. The van der Waals surface area contributed by atoms with Gasteiger partial charge in [-0.3, -0.25) is 4.79 Å². The summed E-state index contributed by atoms with van der Waals surface area (Å²) < 4.78 is 0. The van der Waals surface area contributed by atoms with Crippen LogP contribution in [-0.4, -0.2) is 5.91 Å². The molecule has 0 spiro atoms. The minimum Gasteiger partial charge on any atom is -0.754 e. The van der Waals surface area contributed by atoms with Gasteiger partial charge in [-0.2, -0.15) is 0 Å². The lowest BCUT2D eigenvalue weighted by atomic mass is 10.1. The molecule has 1 aliphatic heterocycles. The normalized spacial score (nSPS) is 14.8. The van der Waals surface area contributed by atoms with Gasteiger partial charge in [0.05, 0.1) is 5.56 Å². The number of para-hydroxylation sites is 1. The van der Waals surface area contributed by atoms with Crippen molar-refractivity contribution in [1.29, 1.82) is 0 Å². The fraction of sp³-hybridized carbons (Fsp3) is 0. The van der Waals surface area contributed by atoms with Gasteiger partial charge in [0.25, 0.3) is 5.91 Å². The molecular formula is C9H7N2O2-. The summed E-state index contributed by atoms with van der Waals surface area (Å²) >= 11 is 0. The molecule has 4 heteroatoms. The number of hydrogen-bond acceptors (Lipinski definition) is 3. The standard InChI is InChI=1S/C9H7N2O2/c12-9-7-3-1-2-4-8(7)11(13)6-5-10-9/h1-6H,(H,10,12)/q-1. The van der Waals surface area contributed by atoms with Crippen molar-refractivity contribution in [3.05, 3.63) is 47.4 Å². The molecule has 13 heavy (non-hydrogen) atoms. The third kappa shape index (κ3) is 1.27. The summed E-state index contributed by atoms with van der Waals surface area (Å²) in [7, 11) is 0. The van der Waals surface area contributed by atoms with Crippen molar-refractivity contribution in [2.75, 3.05) is 5.06 Å². The van der Waals surface area contributed by atoms with E-state index in [1.807, 2.05) is 0 Å². The van der Waals surface area contributed by atoms with Gasteiger partial charge >= 0.3 is 0 Å². The summed E-state index contributed by atoms with van der Waals surface area (Å²) in [5.74, 6) is -0.259. The zero-order valence-electron chi connectivity index (χ0n) is 6.73. The van der Waals surface area contributed by atoms with Gasteiger partial charge in [-0.25, -0.2) is 0 Å². The van der Waals surface area contributed by atoms with Crippen LogP contribution in [0.2, 0.25) is 0 Å². The minimum absolute atomic E-state index is 0.259. The Hall–Kier alpha value is -1.81. The summed E-state index contributed by atoms with van der Waals surface area (Å²) in [6, 6.07) is 6.66. The molecule has 1 N–H and O–H groups in total. The van der Waals surface area contributed by atoms with E-state index in [9.17, 15) is 10.0 Å². The number of carbonyl (C=O) groups excluding carboxylic acids is 1. The summed E-state index contributed by atoms with van der Waals surface area (Å²) in [6.45, 7) is 0. The van der Waals surface area contributed by atoms with Crippen LogP contribution in [-0.2, 0) is 0 Å². The van der Waals surface area contributed by atoms with Crippen molar-refractivity contribution in [3.8, 4) is 0 Å². The lowest BCUT2D eigenvalue weighted by Gasteiger charge is -2.25. The number of benzene rings is 1. The molecule has 1 aliphatic rings. The summed E-state index contributed by atoms with van der Waals surface area (Å²) in [6.07, 6.45) is 2.60. The van der Waals surface area contributed by atoms with Gasteiger partial charge in [-0.1, -0.05) is 12.1 Å². The van der Waals surface area contributed by atoms with E-state index < -0.39 is 0 Å². The second-order valence-electron chi connectivity index (χ2n) is 2.63. The van der Waals surface area contributed by atoms with Crippen molar-refractivity contribution in [2.45, 2.75) is 0 Å². The van der Waals surface area contributed by atoms with Gasteiger partial charge in [-0.15, -0.1) is 0 Å². The molecule has 0 bridgehead atoms. The molecule has 1 aromatic rings. The Labute approximate surface area is 75.1 Å². The van der Waals surface area contributed by atoms with Crippen LogP contribution >= 0.6 is 0 Å². The van der Waals surface area contributed by atoms with Crippen molar-refractivity contribution in [3.63, 3.8) is 0 Å². The molecule has 2 rings (SSSR count). The molecule has 0 radical (unpaired) electrons. The Morgan fingerprint density at radius 2 is 2.08 bits per heavy atom. The number of carbonyl (C=O) groups is 1. The second kappa shape index (κ2) is 2.91. The maximum absolute atomic E-state index is 11.3. The Balaban J connectivity index is 2.58. The number of anilines is 1. The first-order valence-electron chi connectivity index (χ1n) is 3.82. The quantitative estimate of drug-likeness (QED) is 0.644. The van der Waals surface area contributed by atoms with Crippen LogP contribution in [0.4, 0.5) is 5.69 Å². The fourth-order valence-electron chi connectivity index (χ4n) is 1.20. The van der Waals surface area contributed by atoms with Crippen molar-refractivity contribution < 1.29 is 4.79 Å². The molecule has 0 unspecified atom stereocenters. The topological polar surface area (TPSA) is 55.4 Å². The van der Waals surface area contributed by atoms with Crippen molar-refractivity contribution in [2.24, 2.45) is 0 Å². The first kappa shape index (κ1) is 7.82. The smallest absolute Gasteiger partial charge is 0.257 e. The number of hydroxylamine groups is 1. The number of nitrogens with one attached hydrogen (secondary N) is 1. The van der Waals surface area contributed by atoms with Crippen LogP contribution in [0.5, 0.6) is 0 Å². The molecular weight excluding hydrogens is 168 g/mol. The molecule has 0 aromatic heterocycles. The number of amides is 1. The van der Waals surface area contributed by atoms with Crippen molar-refractivity contribution >= 4 is 11.6 Å². The summed E-state index contributed by atoms with van der Waals surface area (Å²) in [5.41, 5.74) is 0.760. The predicted molar refractivity (Wildman–Crippen MR) is 48.9 cm³/mol. The monoisotopic (exact) mass is 175 g/mol. The third-order valence-electron chi connectivity index (χ3n) is 1.81. The van der Waals surface area contributed by atoms with E-state index in [1.165, 1.54) is 12.4 Å². The number of nitrogens with zero attached hydrogens (tertiary/aromatic N) is 1. The first-order valence-corrected chi connectivity index (χ1v) is 3.82. The average molecular weight is 175 g/mol. The molecule has 0 saturated heterocycles. The van der Waals surface area contributed by atoms with E-state index in [1.54, 1.807) is 24.3 Å². The van der Waals surface area contributed by atoms with Crippen LogP contribution in [0.25, 0.3) is 0 Å². The van der Waals surface area contributed by atoms with Crippen molar-refractivity contribution in [1.82, 2.24) is 5.32 Å². The molecule has 4 nitrogen and oxygen atoms in total. The third-order valence-corrected chi connectivity index (χ3v) is 1.81. The molecule has 1 aromatic carbocycles. The molecule has 0 saturated carbocycles. The van der Waals surface area contributed by atoms with Gasteiger partial charge in [0.1, 0.15) is 0 Å². The van der Waals surface area contributed by atoms with E-state index in [0.29, 0.717) is 16.3 Å². The predicted octanol–water partition coefficient (Wildman–Crippen LogP) is 1.21. The van der Waals surface area contributed by atoms with Crippen LogP contribution in [0.3, 0.4) is 0 Å². The summed E-state index contributed by atoms with van der Waals surface area (Å²) in [4.78, 5) is 11.3. The zero-order valence-corrected chi connectivity index (χ0v) is 6.73. The maximum atomic E-state index is 11.3. The largest absolute Gasteiger partial charge is 0.754 e. The number of hydrogen-bond donors (Lipinski definition) is 1. The SMILES string of the molecule is O=C1NC=CN([O-])c2ccccc21. The Morgan fingerprint density at radius 3 is 2.92 bits per heavy atom. The average Bonchev–Trinajstić information content (AvgIpc) is 2.29. The maximum Gasteiger partial charge on any atom is 0.257 e. The van der Waals surface area contributed by atoms with Crippen LogP contribution in [0.1, 0.15) is 10.4 Å². The molecule has 0 atom stereocenters. The van der Waals surface area contributed by atoms with Crippen LogP contribution < -0.4 is 10.4 Å². The molecule has 1 amide bonds. The van der Waals surface area contributed by atoms with Crippen LogP contribution in [0, 0.1) is 5.21 Å². The number of rotatable bonds is 0. The van der Waals surface area contributed by atoms with E-state index in [0.717, 1.165) is 0 Å². The molecule has 66 valence electrons. The fourth-order valence-corrected chi connectivity index (χ4v) is 1.20. The van der Waals surface area contributed by atoms with E-state index in [4.69, 9.17) is 0 Å². The Bertz CT molecular complexity index is 374. The lowest BCUT2D eigenvalue weighted by molar-refractivity contribution is 0.0971. The summed E-state index contributed by atoms with van der Waals surface area (Å²) in [5, 5.41) is 14.4. The van der Waals surface area contributed by atoms with Crippen LogP contribution in [0.15, 0.2) is 36.7 Å². The minimum atomic E-state index is -0.259. The molecule has 0 aliphatic carbocycles. The Morgan fingerprint density at radius 1 is 1.31 bits per heavy atom. The molecule has 1 heterocycles. The van der Waals surface area contributed by atoms with Gasteiger partial charge < -0.3 is 15.6 Å².